The molecule has 0 saturated carbocycles. The van der Waals surface area contributed by atoms with Crippen LogP contribution in [0.15, 0.2) is 34.7 Å². The first-order chi connectivity index (χ1) is 10.3. The van der Waals surface area contributed by atoms with Crippen molar-refractivity contribution in [3.63, 3.8) is 0 Å². The van der Waals surface area contributed by atoms with Crippen LogP contribution in [0, 0.1) is 11.3 Å². The lowest BCUT2D eigenvalue weighted by molar-refractivity contribution is 0.354. The van der Waals surface area contributed by atoms with Crippen molar-refractivity contribution < 1.29 is 13.9 Å². The van der Waals surface area contributed by atoms with E-state index < -0.39 is 0 Å². The monoisotopic (exact) mass is 286 g/mol. The van der Waals surface area contributed by atoms with Crippen molar-refractivity contribution in [1.82, 2.24) is 5.32 Å². The largest absolute Gasteiger partial charge is 0.493 e. The Morgan fingerprint density at radius 3 is 2.62 bits per heavy atom. The zero-order valence-corrected chi connectivity index (χ0v) is 12.2. The topological polar surface area (TPSA) is 67.4 Å². The fraction of sp³-hybridized carbons (Fsp3) is 0.312. The van der Waals surface area contributed by atoms with Gasteiger partial charge in [-0.3, -0.25) is 0 Å². The first-order valence-electron chi connectivity index (χ1n) is 6.67. The smallest absolute Gasteiger partial charge is 0.203 e. The quantitative estimate of drug-likeness (QED) is 0.792. The molecule has 110 valence electrons. The fourth-order valence-electron chi connectivity index (χ4n) is 2.01. The average Bonchev–Trinajstić information content (AvgIpc) is 2.99. The Balaban J connectivity index is 1.82. The molecule has 0 radical (unpaired) electrons. The Labute approximate surface area is 124 Å². The van der Waals surface area contributed by atoms with E-state index in [1.807, 2.05) is 30.3 Å². The van der Waals surface area contributed by atoms with Crippen molar-refractivity contribution in [3.8, 4) is 17.6 Å². The summed E-state index contributed by atoms with van der Waals surface area (Å²) < 4.78 is 15.8. The van der Waals surface area contributed by atoms with Gasteiger partial charge in [0.1, 0.15) is 11.8 Å². The average molecular weight is 286 g/mol. The summed E-state index contributed by atoms with van der Waals surface area (Å²) in [6, 6.07) is 11.3. The van der Waals surface area contributed by atoms with Gasteiger partial charge in [0.05, 0.1) is 20.8 Å². The molecule has 0 aliphatic carbocycles. The Bertz CT molecular complexity index is 629. The van der Waals surface area contributed by atoms with Crippen LogP contribution in [0.5, 0.6) is 11.5 Å². The molecule has 0 atom stereocenters. The van der Waals surface area contributed by atoms with E-state index in [-0.39, 0.29) is 0 Å². The Hall–Kier alpha value is -2.45. The molecule has 1 aromatic heterocycles. The standard InChI is InChI=1S/C16H18N2O3/c1-19-15-6-3-12(9-16(15)20-2)7-8-18-11-14-5-4-13(10-17)21-14/h3-6,9,18H,7-8,11H2,1-2H3. The Morgan fingerprint density at radius 1 is 1.14 bits per heavy atom. The van der Waals surface area contributed by atoms with E-state index in [0.29, 0.717) is 12.3 Å². The molecule has 2 rings (SSSR count). The molecule has 1 N–H and O–H groups in total. The van der Waals surface area contributed by atoms with Crippen LogP contribution in [-0.2, 0) is 13.0 Å². The number of nitriles is 1. The van der Waals surface area contributed by atoms with Crippen molar-refractivity contribution in [2.75, 3.05) is 20.8 Å². The van der Waals surface area contributed by atoms with Crippen molar-refractivity contribution in [2.45, 2.75) is 13.0 Å². The molecule has 0 aliphatic rings. The second kappa shape index (κ2) is 7.36. The molecular weight excluding hydrogens is 268 g/mol. The molecule has 0 spiro atoms. The number of hydrogen-bond acceptors (Lipinski definition) is 5. The summed E-state index contributed by atoms with van der Waals surface area (Å²) in [5.74, 6) is 2.57. The van der Waals surface area contributed by atoms with Gasteiger partial charge < -0.3 is 19.2 Å². The van der Waals surface area contributed by atoms with Crippen molar-refractivity contribution in [2.24, 2.45) is 0 Å². The van der Waals surface area contributed by atoms with Crippen molar-refractivity contribution >= 4 is 0 Å². The number of rotatable bonds is 7. The zero-order valence-electron chi connectivity index (χ0n) is 12.2. The molecule has 0 saturated heterocycles. The third-order valence-electron chi connectivity index (χ3n) is 3.11. The van der Waals surface area contributed by atoms with Crippen LogP contribution in [0.1, 0.15) is 17.1 Å². The van der Waals surface area contributed by atoms with Gasteiger partial charge in [-0.1, -0.05) is 6.07 Å². The molecular formula is C16H18N2O3. The minimum Gasteiger partial charge on any atom is -0.493 e. The summed E-state index contributed by atoms with van der Waals surface area (Å²) in [7, 11) is 3.25. The van der Waals surface area contributed by atoms with Gasteiger partial charge in [0.2, 0.25) is 5.76 Å². The molecule has 2 aromatic rings. The third kappa shape index (κ3) is 4.01. The van der Waals surface area contributed by atoms with E-state index >= 15 is 0 Å². The highest BCUT2D eigenvalue weighted by Gasteiger charge is 2.05. The lowest BCUT2D eigenvalue weighted by atomic mass is 10.1. The molecule has 0 aliphatic heterocycles. The van der Waals surface area contributed by atoms with Crippen molar-refractivity contribution in [1.29, 1.82) is 5.26 Å². The van der Waals surface area contributed by atoms with Gasteiger partial charge >= 0.3 is 0 Å². The predicted molar refractivity (Wildman–Crippen MR) is 78.4 cm³/mol. The first kappa shape index (κ1) is 14.9. The summed E-state index contributed by atoms with van der Waals surface area (Å²) in [4.78, 5) is 0. The summed E-state index contributed by atoms with van der Waals surface area (Å²) in [6.45, 7) is 1.41. The van der Waals surface area contributed by atoms with Crippen LogP contribution in [0.3, 0.4) is 0 Å². The lowest BCUT2D eigenvalue weighted by Gasteiger charge is -2.09. The molecule has 0 bridgehead atoms. The third-order valence-corrected chi connectivity index (χ3v) is 3.11. The maximum atomic E-state index is 8.68. The summed E-state index contributed by atoms with van der Waals surface area (Å²) >= 11 is 0. The van der Waals surface area contributed by atoms with E-state index in [0.717, 1.165) is 35.8 Å². The number of methoxy groups -OCH3 is 2. The van der Waals surface area contributed by atoms with Crippen LogP contribution in [0.2, 0.25) is 0 Å². The number of ether oxygens (including phenoxy) is 2. The fourth-order valence-corrected chi connectivity index (χ4v) is 2.01. The Morgan fingerprint density at radius 2 is 1.95 bits per heavy atom. The van der Waals surface area contributed by atoms with E-state index in [2.05, 4.69) is 5.32 Å². The van der Waals surface area contributed by atoms with Crippen LogP contribution in [-0.4, -0.2) is 20.8 Å². The van der Waals surface area contributed by atoms with Gasteiger partial charge in [-0.15, -0.1) is 0 Å². The molecule has 5 nitrogen and oxygen atoms in total. The number of nitrogens with one attached hydrogen (secondary N) is 1. The lowest BCUT2D eigenvalue weighted by Crippen LogP contribution is -2.16. The van der Waals surface area contributed by atoms with E-state index in [1.54, 1.807) is 20.3 Å². The van der Waals surface area contributed by atoms with E-state index in [9.17, 15) is 0 Å². The molecule has 0 fully saturated rings. The molecule has 5 heteroatoms. The normalized spacial score (nSPS) is 10.1. The van der Waals surface area contributed by atoms with Gasteiger partial charge in [-0.25, -0.2) is 0 Å². The van der Waals surface area contributed by atoms with E-state index in [4.69, 9.17) is 19.2 Å². The molecule has 0 unspecified atom stereocenters. The van der Waals surface area contributed by atoms with E-state index in [1.165, 1.54) is 0 Å². The number of benzene rings is 1. The van der Waals surface area contributed by atoms with Crippen LogP contribution < -0.4 is 14.8 Å². The van der Waals surface area contributed by atoms with Gasteiger partial charge in [0, 0.05) is 0 Å². The summed E-state index contributed by atoms with van der Waals surface area (Å²) in [5, 5.41) is 12.0. The number of nitrogens with zero attached hydrogens (tertiary/aromatic N) is 1. The summed E-state index contributed by atoms with van der Waals surface area (Å²) in [6.07, 6.45) is 0.867. The van der Waals surface area contributed by atoms with Gasteiger partial charge in [0.15, 0.2) is 11.5 Å². The Kier molecular flexibility index (Phi) is 5.24. The number of hydrogen-bond donors (Lipinski definition) is 1. The van der Waals surface area contributed by atoms with Crippen molar-refractivity contribution in [3.05, 3.63) is 47.4 Å². The molecule has 1 aromatic carbocycles. The second-order valence-electron chi connectivity index (χ2n) is 4.49. The van der Waals surface area contributed by atoms with Gasteiger partial charge in [-0.05, 0) is 42.8 Å². The highest BCUT2D eigenvalue weighted by atomic mass is 16.5. The first-order valence-corrected chi connectivity index (χ1v) is 6.67. The number of furan rings is 1. The highest BCUT2D eigenvalue weighted by molar-refractivity contribution is 5.42. The molecule has 1 heterocycles. The minimum atomic E-state index is 0.340. The van der Waals surface area contributed by atoms with Crippen LogP contribution in [0.25, 0.3) is 0 Å². The minimum absolute atomic E-state index is 0.340. The van der Waals surface area contributed by atoms with Gasteiger partial charge in [-0.2, -0.15) is 5.26 Å². The second-order valence-corrected chi connectivity index (χ2v) is 4.49. The summed E-state index contributed by atoms with van der Waals surface area (Å²) in [5.41, 5.74) is 1.16. The maximum Gasteiger partial charge on any atom is 0.203 e. The van der Waals surface area contributed by atoms with Gasteiger partial charge in [0.25, 0.3) is 0 Å². The van der Waals surface area contributed by atoms with Crippen LogP contribution in [0.4, 0.5) is 0 Å². The van der Waals surface area contributed by atoms with Crippen LogP contribution >= 0.6 is 0 Å². The molecule has 0 amide bonds. The maximum absolute atomic E-state index is 8.68. The highest BCUT2D eigenvalue weighted by Crippen LogP contribution is 2.27. The molecule has 21 heavy (non-hydrogen) atoms. The zero-order chi connectivity index (χ0) is 15.1. The predicted octanol–water partition coefficient (Wildman–Crippen LogP) is 2.50. The SMILES string of the molecule is COc1ccc(CCNCc2ccc(C#N)o2)cc1OC.